The zero-order valence-corrected chi connectivity index (χ0v) is 10.4. The summed E-state index contributed by atoms with van der Waals surface area (Å²) in [4.78, 5) is 13.5. The summed E-state index contributed by atoms with van der Waals surface area (Å²) in [6.07, 6.45) is -0.724. The molecule has 1 saturated heterocycles. The van der Waals surface area contributed by atoms with Gasteiger partial charge in [-0.05, 0) is 13.3 Å². The van der Waals surface area contributed by atoms with Gasteiger partial charge in [0, 0.05) is 33.4 Å². The van der Waals surface area contributed by atoms with Gasteiger partial charge in [0.05, 0.1) is 18.2 Å². The van der Waals surface area contributed by atoms with E-state index < -0.39 is 12.2 Å². The van der Waals surface area contributed by atoms with Crippen LogP contribution in [0.4, 0.5) is 0 Å². The van der Waals surface area contributed by atoms with E-state index in [1.165, 1.54) is 0 Å². The lowest BCUT2D eigenvalue weighted by Gasteiger charge is -2.22. The van der Waals surface area contributed by atoms with Gasteiger partial charge in [-0.25, -0.2) is 0 Å². The number of likely N-dealkylation sites (tertiary alicyclic amines) is 1. The molecule has 0 radical (unpaired) electrons. The Morgan fingerprint density at radius 3 is 2.59 bits per heavy atom. The quantitative estimate of drug-likeness (QED) is 0.500. The van der Waals surface area contributed by atoms with Crippen molar-refractivity contribution in [3.8, 4) is 0 Å². The van der Waals surface area contributed by atoms with Crippen molar-refractivity contribution in [2.45, 2.75) is 31.6 Å². The summed E-state index contributed by atoms with van der Waals surface area (Å²) in [5.41, 5.74) is 0. The average molecular weight is 246 g/mol. The van der Waals surface area contributed by atoms with E-state index in [0.717, 1.165) is 6.42 Å². The highest BCUT2D eigenvalue weighted by molar-refractivity contribution is 5.81. The van der Waals surface area contributed by atoms with Crippen LogP contribution in [0.5, 0.6) is 0 Å². The van der Waals surface area contributed by atoms with E-state index in [0.29, 0.717) is 26.2 Å². The first-order valence-corrected chi connectivity index (χ1v) is 5.93. The van der Waals surface area contributed by atoms with E-state index in [4.69, 9.17) is 4.74 Å². The van der Waals surface area contributed by atoms with E-state index in [9.17, 15) is 15.0 Å². The van der Waals surface area contributed by atoms with Crippen molar-refractivity contribution in [3.63, 3.8) is 0 Å². The molecule has 6 nitrogen and oxygen atoms in total. The minimum Gasteiger partial charge on any atom is -0.389 e. The predicted molar refractivity (Wildman–Crippen MR) is 62.6 cm³/mol. The highest BCUT2D eigenvalue weighted by atomic mass is 16.5. The zero-order valence-electron chi connectivity index (χ0n) is 10.4. The molecule has 1 aliphatic heterocycles. The number of nitrogens with one attached hydrogen (secondary N) is 1. The third-order valence-corrected chi connectivity index (χ3v) is 3.04. The van der Waals surface area contributed by atoms with Crippen LogP contribution < -0.4 is 5.32 Å². The summed E-state index contributed by atoms with van der Waals surface area (Å²) in [5, 5.41) is 21.6. The molecule has 0 spiro atoms. The Kier molecular flexibility index (Phi) is 5.84. The molecule has 100 valence electrons. The second-order valence-electron chi connectivity index (χ2n) is 4.40. The fourth-order valence-corrected chi connectivity index (χ4v) is 1.86. The Morgan fingerprint density at radius 1 is 1.47 bits per heavy atom. The molecule has 1 rings (SSSR count). The summed E-state index contributed by atoms with van der Waals surface area (Å²) in [5.74, 6) is -0.0811. The van der Waals surface area contributed by atoms with E-state index in [1.54, 1.807) is 18.9 Å². The van der Waals surface area contributed by atoms with Gasteiger partial charge in [-0.3, -0.25) is 9.69 Å². The van der Waals surface area contributed by atoms with Gasteiger partial charge in [0.1, 0.15) is 0 Å². The number of amides is 1. The number of ether oxygens (including phenoxy) is 1. The van der Waals surface area contributed by atoms with Crippen molar-refractivity contribution >= 4 is 5.91 Å². The smallest absolute Gasteiger partial charge is 0.237 e. The first kappa shape index (κ1) is 14.4. The number of β-amino-alcohol motifs (C(OH)–C–C–N with tert-alkyl or cyclic N) is 2. The topological polar surface area (TPSA) is 82.0 Å². The van der Waals surface area contributed by atoms with Crippen LogP contribution in [0.25, 0.3) is 0 Å². The molecule has 1 fully saturated rings. The molecule has 3 N–H and O–H groups in total. The summed E-state index contributed by atoms with van der Waals surface area (Å²) in [6.45, 7) is 3.66. The SMILES string of the molecule is COCCCNC(=O)C(C)N1C[C@@H](O)[C@@H](O)C1. The predicted octanol–water partition coefficient (Wildman–Crippen LogP) is -1.43. The number of carbonyl (C=O) groups excluding carboxylic acids is 1. The van der Waals surface area contributed by atoms with Gasteiger partial charge in [-0.15, -0.1) is 0 Å². The van der Waals surface area contributed by atoms with Crippen LogP contribution in [0.1, 0.15) is 13.3 Å². The lowest BCUT2D eigenvalue weighted by atomic mass is 10.2. The molecule has 1 amide bonds. The highest BCUT2D eigenvalue weighted by Crippen LogP contribution is 2.13. The lowest BCUT2D eigenvalue weighted by molar-refractivity contribution is -0.125. The molecule has 0 aromatic heterocycles. The monoisotopic (exact) mass is 246 g/mol. The maximum Gasteiger partial charge on any atom is 0.237 e. The second kappa shape index (κ2) is 6.90. The molecule has 3 atom stereocenters. The molecule has 1 aliphatic rings. The normalized spacial score (nSPS) is 27.1. The zero-order chi connectivity index (χ0) is 12.8. The summed E-state index contributed by atoms with van der Waals surface area (Å²) < 4.78 is 4.88. The van der Waals surface area contributed by atoms with Crippen LogP contribution in [0, 0.1) is 0 Å². The van der Waals surface area contributed by atoms with Crippen molar-refractivity contribution in [3.05, 3.63) is 0 Å². The largest absolute Gasteiger partial charge is 0.389 e. The maximum absolute atomic E-state index is 11.7. The lowest BCUT2D eigenvalue weighted by Crippen LogP contribution is -2.45. The number of nitrogens with zero attached hydrogens (tertiary/aromatic N) is 1. The van der Waals surface area contributed by atoms with E-state index in [1.807, 2.05) is 0 Å². The molecular formula is C11H22N2O4. The Balaban J connectivity index is 2.27. The number of aliphatic hydroxyl groups is 2. The van der Waals surface area contributed by atoms with Crippen LogP contribution in [-0.4, -0.2) is 72.6 Å². The summed E-state index contributed by atoms with van der Waals surface area (Å²) >= 11 is 0. The van der Waals surface area contributed by atoms with Crippen molar-refractivity contribution in [2.24, 2.45) is 0 Å². The van der Waals surface area contributed by atoms with Crippen LogP contribution in [0.3, 0.4) is 0 Å². The molecule has 0 saturated carbocycles. The van der Waals surface area contributed by atoms with Crippen LogP contribution in [0.2, 0.25) is 0 Å². The molecule has 17 heavy (non-hydrogen) atoms. The molecule has 0 aromatic rings. The number of hydrogen-bond donors (Lipinski definition) is 3. The molecule has 6 heteroatoms. The van der Waals surface area contributed by atoms with Gasteiger partial charge in [-0.1, -0.05) is 0 Å². The number of aliphatic hydroxyl groups excluding tert-OH is 2. The molecule has 0 bridgehead atoms. The average Bonchev–Trinajstić information content (AvgIpc) is 2.64. The molecule has 0 aliphatic carbocycles. The van der Waals surface area contributed by atoms with Crippen LogP contribution >= 0.6 is 0 Å². The molecule has 1 heterocycles. The van der Waals surface area contributed by atoms with E-state index in [2.05, 4.69) is 5.32 Å². The van der Waals surface area contributed by atoms with Gasteiger partial charge in [0.2, 0.25) is 5.91 Å². The van der Waals surface area contributed by atoms with Crippen molar-refractivity contribution < 1.29 is 19.7 Å². The van der Waals surface area contributed by atoms with Gasteiger partial charge >= 0.3 is 0 Å². The first-order chi connectivity index (χ1) is 8.06. The third-order valence-electron chi connectivity index (χ3n) is 3.04. The summed E-state index contributed by atoms with van der Waals surface area (Å²) in [7, 11) is 1.62. The number of hydrogen-bond acceptors (Lipinski definition) is 5. The van der Waals surface area contributed by atoms with E-state index >= 15 is 0 Å². The number of rotatable bonds is 6. The molecule has 1 unspecified atom stereocenters. The Bertz CT molecular complexity index is 240. The molecule has 0 aromatic carbocycles. The maximum atomic E-state index is 11.7. The number of carbonyl (C=O) groups is 1. The van der Waals surface area contributed by atoms with E-state index in [-0.39, 0.29) is 11.9 Å². The van der Waals surface area contributed by atoms with Crippen LogP contribution in [-0.2, 0) is 9.53 Å². The fourth-order valence-electron chi connectivity index (χ4n) is 1.86. The minimum atomic E-state index is -0.751. The van der Waals surface area contributed by atoms with Gasteiger partial charge in [0.15, 0.2) is 0 Å². The first-order valence-electron chi connectivity index (χ1n) is 5.93. The Hall–Kier alpha value is -0.690. The Labute approximate surface area is 102 Å². The molecular weight excluding hydrogens is 224 g/mol. The Morgan fingerprint density at radius 2 is 2.06 bits per heavy atom. The summed E-state index contributed by atoms with van der Waals surface area (Å²) in [6, 6.07) is -0.329. The highest BCUT2D eigenvalue weighted by Gasteiger charge is 2.34. The van der Waals surface area contributed by atoms with Crippen molar-refractivity contribution in [2.75, 3.05) is 33.4 Å². The third kappa shape index (κ3) is 4.23. The minimum absolute atomic E-state index is 0.0811. The number of methoxy groups -OCH3 is 1. The van der Waals surface area contributed by atoms with Crippen molar-refractivity contribution in [1.29, 1.82) is 0 Å². The van der Waals surface area contributed by atoms with Crippen LogP contribution in [0.15, 0.2) is 0 Å². The standard InChI is InChI=1S/C11H22N2O4/c1-8(11(16)12-4-3-5-17-2)13-6-9(14)10(15)7-13/h8-10,14-15H,3-7H2,1-2H3,(H,12,16)/t8?,9-,10+. The fraction of sp³-hybridized carbons (Fsp3) is 0.909. The van der Waals surface area contributed by atoms with Crippen molar-refractivity contribution in [1.82, 2.24) is 10.2 Å². The van der Waals surface area contributed by atoms with Gasteiger partial charge < -0.3 is 20.3 Å². The van der Waals surface area contributed by atoms with Gasteiger partial charge in [0.25, 0.3) is 0 Å². The second-order valence-corrected chi connectivity index (χ2v) is 4.40. The van der Waals surface area contributed by atoms with Gasteiger partial charge in [-0.2, -0.15) is 0 Å².